The molecule has 0 aromatic heterocycles. The van der Waals surface area contributed by atoms with E-state index in [0.29, 0.717) is 6.61 Å². The van der Waals surface area contributed by atoms with E-state index in [0.717, 1.165) is 0 Å². The number of ether oxygens (including phenoxy) is 1. The average Bonchev–Trinajstić information content (AvgIpc) is 1.67. The molecule has 0 aliphatic heterocycles. The average molecular weight is 131 g/mol. The quantitative estimate of drug-likeness (QED) is 0.520. The van der Waals surface area contributed by atoms with Crippen LogP contribution in [0.3, 0.4) is 0 Å². The molecule has 47 valence electrons. The van der Waals surface area contributed by atoms with Gasteiger partial charge in [-0.1, -0.05) is 0 Å². The summed E-state index contributed by atoms with van der Waals surface area (Å²) in [6, 6.07) is 0. The molecule has 0 amide bonds. The maximum Gasteiger partial charge on any atom is 0.247 e. The Morgan fingerprint density at radius 1 is 1.50 bits per heavy atom. The Bertz CT molecular complexity index is 63.4. The van der Waals surface area contributed by atoms with E-state index in [1.165, 1.54) is 0 Å². The van der Waals surface area contributed by atoms with Crippen molar-refractivity contribution in [2.75, 3.05) is 13.7 Å². The number of rotatable bonds is 3. The zero-order valence-electron chi connectivity index (χ0n) is 5.52. The molecule has 0 saturated carbocycles. The van der Waals surface area contributed by atoms with Crippen LogP contribution >= 0.6 is 0 Å². The summed E-state index contributed by atoms with van der Waals surface area (Å²) in [6.45, 7) is 4.46. The highest BCUT2D eigenvalue weighted by Crippen LogP contribution is 2.05. The minimum absolute atomic E-state index is 0.217. The van der Waals surface area contributed by atoms with Crippen molar-refractivity contribution in [3.8, 4) is 0 Å². The van der Waals surface area contributed by atoms with Gasteiger partial charge in [-0.3, -0.25) is 0 Å². The van der Waals surface area contributed by atoms with Crippen LogP contribution in [0.1, 0.15) is 13.8 Å². The molecular weight excluding hydrogens is 120 g/mol. The maximum absolute atomic E-state index is 4.86. The molecule has 0 fully saturated rings. The highest BCUT2D eigenvalue weighted by atomic mass is 28.2. The normalized spacial score (nSPS) is 12.0. The summed E-state index contributed by atoms with van der Waals surface area (Å²) >= 11 is 0. The van der Waals surface area contributed by atoms with Crippen LogP contribution in [-0.4, -0.2) is 29.8 Å². The van der Waals surface area contributed by atoms with Gasteiger partial charge in [-0.15, -0.1) is 0 Å². The first-order chi connectivity index (χ1) is 3.62. The molecule has 0 saturated heterocycles. The SMILES string of the molecule is COCC(C)(C)O[Si]. The Morgan fingerprint density at radius 3 is 2.12 bits per heavy atom. The summed E-state index contributed by atoms with van der Waals surface area (Å²) in [4.78, 5) is 0. The van der Waals surface area contributed by atoms with E-state index in [4.69, 9.17) is 9.16 Å². The van der Waals surface area contributed by atoms with Gasteiger partial charge in [-0.2, -0.15) is 0 Å². The van der Waals surface area contributed by atoms with Gasteiger partial charge < -0.3 is 9.16 Å². The predicted molar refractivity (Wildman–Crippen MR) is 32.8 cm³/mol. The van der Waals surface area contributed by atoms with E-state index in [2.05, 4.69) is 10.5 Å². The second-order valence-corrected chi connectivity index (χ2v) is 2.50. The Kier molecular flexibility index (Phi) is 3.27. The predicted octanol–water partition coefficient (Wildman–Crippen LogP) is 0.512. The molecule has 0 aromatic carbocycles. The first kappa shape index (κ1) is 8.14. The lowest BCUT2D eigenvalue weighted by Gasteiger charge is -2.21. The molecule has 3 heteroatoms. The van der Waals surface area contributed by atoms with E-state index >= 15 is 0 Å². The van der Waals surface area contributed by atoms with Crippen LogP contribution in [-0.2, 0) is 9.16 Å². The molecule has 0 bridgehead atoms. The van der Waals surface area contributed by atoms with Gasteiger partial charge in [0.05, 0.1) is 12.2 Å². The van der Waals surface area contributed by atoms with Crippen LogP contribution in [0.15, 0.2) is 0 Å². The van der Waals surface area contributed by atoms with Gasteiger partial charge in [0.1, 0.15) is 0 Å². The minimum atomic E-state index is -0.217. The Balaban J connectivity index is 3.37. The summed E-state index contributed by atoms with van der Waals surface area (Å²) in [6.07, 6.45) is 0. The molecule has 0 heterocycles. The van der Waals surface area contributed by atoms with Crippen molar-refractivity contribution in [3.05, 3.63) is 0 Å². The van der Waals surface area contributed by atoms with Crippen molar-refractivity contribution in [3.63, 3.8) is 0 Å². The van der Waals surface area contributed by atoms with E-state index < -0.39 is 0 Å². The van der Waals surface area contributed by atoms with Crippen LogP contribution in [0.25, 0.3) is 0 Å². The molecule has 0 aromatic rings. The standard InChI is InChI=1S/C5H11O2Si/c1-5(2,7-8)4-6-3/h4H2,1-3H3. The van der Waals surface area contributed by atoms with Crippen LogP contribution in [0, 0.1) is 0 Å². The molecule has 0 rings (SSSR count). The number of hydrogen-bond acceptors (Lipinski definition) is 2. The van der Waals surface area contributed by atoms with E-state index in [-0.39, 0.29) is 5.60 Å². The topological polar surface area (TPSA) is 18.5 Å². The summed E-state index contributed by atoms with van der Waals surface area (Å²) in [5, 5.41) is 0. The van der Waals surface area contributed by atoms with Gasteiger partial charge in [0, 0.05) is 7.11 Å². The summed E-state index contributed by atoms with van der Waals surface area (Å²) in [7, 11) is 4.58. The second-order valence-electron chi connectivity index (χ2n) is 2.29. The van der Waals surface area contributed by atoms with Crippen molar-refractivity contribution in [1.29, 1.82) is 0 Å². The summed E-state index contributed by atoms with van der Waals surface area (Å²) in [5.41, 5.74) is -0.217. The summed E-state index contributed by atoms with van der Waals surface area (Å²) < 4.78 is 9.70. The molecule has 0 spiro atoms. The third-order valence-corrected chi connectivity index (χ3v) is 1.32. The van der Waals surface area contributed by atoms with Crippen molar-refractivity contribution >= 4 is 10.5 Å². The molecule has 8 heavy (non-hydrogen) atoms. The largest absolute Gasteiger partial charge is 0.411 e. The monoisotopic (exact) mass is 131 g/mol. The fraction of sp³-hybridized carbons (Fsp3) is 1.00. The number of methoxy groups -OCH3 is 1. The van der Waals surface area contributed by atoms with E-state index in [1.807, 2.05) is 13.8 Å². The first-order valence-corrected chi connectivity index (χ1v) is 2.87. The zero-order chi connectivity index (χ0) is 6.62. The van der Waals surface area contributed by atoms with Crippen LogP contribution in [0.5, 0.6) is 0 Å². The minimum Gasteiger partial charge on any atom is -0.411 e. The highest BCUT2D eigenvalue weighted by Gasteiger charge is 2.13. The lowest BCUT2D eigenvalue weighted by Crippen LogP contribution is -2.28. The molecule has 3 radical (unpaired) electrons. The summed E-state index contributed by atoms with van der Waals surface area (Å²) in [5.74, 6) is 0. The van der Waals surface area contributed by atoms with Crippen molar-refractivity contribution in [2.24, 2.45) is 0 Å². The first-order valence-electron chi connectivity index (χ1n) is 2.46. The second kappa shape index (κ2) is 3.22. The van der Waals surface area contributed by atoms with Gasteiger partial charge in [0.2, 0.25) is 10.5 Å². The molecule has 0 atom stereocenters. The highest BCUT2D eigenvalue weighted by molar-refractivity contribution is 5.98. The molecule has 0 aliphatic carbocycles. The Labute approximate surface area is 53.7 Å². The molecule has 0 aliphatic rings. The Morgan fingerprint density at radius 2 is 2.00 bits per heavy atom. The fourth-order valence-electron chi connectivity index (χ4n) is 0.377. The van der Waals surface area contributed by atoms with Gasteiger partial charge in [-0.25, -0.2) is 0 Å². The van der Waals surface area contributed by atoms with Gasteiger partial charge >= 0.3 is 0 Å². The number of hydrogen-bond donors (Lipinski definition) is 0. The molecule has 0 N–H and O–H groups in total. The van der Waals surface area contributed by atoms with Crippen molar-refractivity contribution in [2.45, 2.75) is 19.4 Å². The fourth-order valence-corrected chi connectivity index (χ4v) is 0.436. The third kappa shape index (κ3) is 3.18. The van der Waals surface area contributed by atoms with Crippen LogP contribution < -0.4 is 0 Å². The zero-order valence-corrected chi connectivity index (χ0v) is 6.52. The smallest absolute Gasteiger partial charge is 0.247 e. The van der Waals surface area contributed by atoms with Gasteiger partial charge in [-0.05, 0) is 13.8 Å². The molecular formula is C5H11O2Si. The van der Waals surface area contributed by atoms with Crippen LogP contribution in [0.2, 0.25) is 0 Å². The Hall–Kier alpha value is 0.137. The van der Waals surface area contributed by atoms with Crippen LogP contribution in [0.4, 0.5) is 0 Å². The van der Waals surface area contributed by atoms with E-state index in [9.17, 15) is 0 Å². The van der Waals surface area contributed by atoms with E-state index in [1.54, 1.807) is 7.11 Å². The third-order valence-electron chi connectivity index (χ3n) is 0.768. The van der Waals surface area contributed by atoms with Gasteiger partial charge in [0.15, 0.2) is 0 Å². The molecule has 0 unspecified atom stereocenters. The van der Waals surface area contributed by atoms with Crippen molar-refractivity contribution < 1.29 is 9.16 Å². The van der Waals surface area contributed by atoms with Crippen molar-refractivity contribution in [1.82, 2.24) is 0 Å². The molecule has 2 nitrogen and oxygen atoms in total. The lowest BCUT2D eigenvalue weighted by atomic mass is 10.2. The maximum atomic E-state index is 4.86. The lowest BCUT2D eigenvalue weighted by molar-refractivity contribution is 0.0242. The van der Waals surface area contributed by atoms with Gasteiger partial charge in [0.25, 0.3) is 0 Å².